The van der Waals surface area contributed by atoms with Gasteiger partial charge in [0.25, 0.3) is 0 Å². The molecule has 1 aromatic carbocycles. The number of anilines is 1. The van der Waals surface area contributed by atoms with Gasteiger partial charge in [0.15, 0.2) is 0 Å². The summed E-state index contributed by atoms with van der Waals surface area (Å²) < 4.78 is 6.43. The molecule has 0 aromatic heterocycles. The molecule has 0 bridgehead atoms. The topological polar surface area (TPSA) is 55.4 Å². The van der Waals surface area contributed by atoms with Crippen molar-refractivity contribution in [3.05, 3.63) is 29.8 Å². The third-order valence-electron chi connectivity index (χ3n) is 18.8. The Morgan fingerprint density at radius 1 is 1.06 bits per heavy atom. The Kier molecular flexibility index (Phi) is 0.988. The van der Waals surface area contributed by atoms with Gasteiger partial charge in [-0.2, -0.15) is 0 Å². The molecular weight excluding hydrogens is 442 g/mol. The van der Waals surface area contributed by atoms with Gasteiger partial charge >= 0.3 is 178 Å². The molecule has 1 amide bonds. The van der Waals surface area contributed by atoms with Crippen LogP contribution in [0.2, 0.25) is 47.7 Å². The van der Waals surface area contributed by atoms with Crippen molar-refractivity contribution in [2.45, 2.75) is 87.2 Å². The molecule has 1 N–H and O–H groups in total. The van der Waals surface area contributed by atoms with E-state index in [0.29, 0.717) is 10.1 Å². The number of hydrogen-bond donors (Lipinski definition) is 1. The maximum absolute atomic E-state index is 13.1. The van der Waals surface area contributed by atoms with E-state index in [1.807, 2.05) is 18.2 Å². The molecule has 1 aromatic rings. The summed E-state index contributed by atoms with van der Waals surface area (Å²) in [5, 5.41) is 3.12. The molecule has 10 saturated heterocycles. The van der Waals surface area contributed by atoms with Crippen molar-refractivity contribution < 1.29 is 20.8 Å². The number of carbonyl (C=O) groups is 2. The zero-order valence-electron chi connectivity index (χ0n) is 18.5. The molecule has 4 atom stereocenters. The van der Waals surface area contributed by atoms with E-state index in [4.69, 9.17) is 4.74 Å². The maximum atomic E-state index is 13.1. The fraction of sp³-hybridized carbons (Fsp3) is 0.630. The van der Waals surface area contributed by atoms with Gasteiger partial charge in [-0.25, -0.2) is 0 Å². The molecule has 0 saturated carbocycles. The van der Waals surface area contributed by atoms with E-state index in [0.717, 1.165) is 52.1 Å². The molecule has 4 nitrogen and oxygen atoms in total. The van der Waals surface area contributed by atoms with Crippen LogP contribution < -0.4 is 10.1 Å². The Labute approximate surface area is 177 Å². The third-order valence-corrected chi connectivity index (χ3v) is 61.2. The first-order valence-electron chi connectivity index (χ1n) is 12.9. The summed E-state index contributed by atoms with van der Waals surface area (Å²) in [6.07, 6.45) is 6.30. The van der Waals surface area contributed by atoms with Gasteiger partial charge in [-0.1, -0.05) is 0 Å². The Balaban J connectivity index is 0.969. The minimum absolute atomic E-state index is 0.0321. The molecular formula is C27H29FeNO3. The second kappa shape index (κ2) is 2.06. The van der Waals surface area contributed by atoms with Crippen LogP contribution in [0.5, 0.6) is 5.75 Å². The monoisotopic (exact) mass is 471 g/mol. The Morgan fingerprint density at radius 2 is 1.69 bits per heavy atom. The number of benzene rings is 1. The van der Waals surface area contributed by atoms with Crippen LogP contribution in [0, 0.1) is 5.92 Å². The van der Waals surface area contributed by atoms with Gasteiger partial charge in [0.2, 0.25) is 0 Å². The van der Waals surface area contributed by atoms with Crippen LogP contribution in [0.15, 0.2) is 24.3 Å². The van der Waals surface area contributed by atoms with Crippen molar-refractivity contribution in [3.63, 3.8) is 0 Å². The molecule has 5 heteroatoms. The van der Waals surface area contributed by atoms with Crippen LogP contribution >= 0.6 is 0 Å². The van der Waals surface area contributed by atoms with Gasteiger partial charge < -0.3 is 0 Å². The van der Waals surface area contributed by atoms with E-state index in [-0.39, 0.29) is 17.8 Å². The molecule has 168 valence electrons. The molecule has 32 heavy (non-hydrogen) atoms. The van der Waals surface area contributed by atoms with E-state index in [1.165, 1.54) is 33.7 Å². The second-order valence-corrected chi connectivity index (χ2v) is 38.8. The van der Waals surface area contributed by atoms with E-state index < -0.39 is 6.51 Å². The molecule has 0 radical (unpaired) electrons. The number of carbonyl (C=O) groups excluding carboxylic acids is 2. The fourth-order valence-electron chi connectivity index (χ4n) is 19.6. The van der Waals surface area contributed by atoms with E-state index >= 15 is 0 Å². The van der Waals surface area contributed by atoms with Crippen LogP contribution in [-0.4, -0.2) is 11.9 Å². The summed E-state index contributed by atoms with van der Waals surface area (Å²) >= 11 is 0. The van der Waals surface area contributed by atoms with Crippen molar-refractivity contribution in [2.75, 3.05) is 5.32 Å². The Morgan fingerprint density at radius 3 is 2.19 bits per heavy atom. The normalized spacial score (nSPS) is 71.7. The summed E-state index contributed by atoms with van der Waals surface area (Å²) in [4.78, 5) is 37.0. The zero-order chi connectivity index (χ0) is 21.1. The first-order valence-corrected chi connectivity index (χ1v) is 19.2. The molecule has 4 unspecified atom stereocenters. The van der Waals surface area contributed by atoms with Crippen LogP contribution in [0.25, 0.3) is 5.57 Å². The molecule has 10 fully saturated rings. The summed E-state index contributed by atoms with van der Waals surface area (Å²) in [5.74, 6) is 0.524. The summed E-state index contributed by atoms with van der Waals surface area (Å²) in [6.45, 7) is 0.966. The second-order valence-electron chi connectivity index (χ2n) is 15.2. The molecule has 11 aliphatic rings. The number of esters is 1. The molecule has 12 rings (SSSR count). The number of amides is 1. The number of hydrogen-bond acceptors (Lipinski definition) is 3. The number of fused-ring (bicyclic) bond motifs is 11. The third kappa shape index (κ3) is 0.328. The summed E-state index contributed by atoms with van der Waals surface area (Å²) in [6, 6.07) is 5.75. The van der Waals surface area contributed by atoms with Crippen LogP contribution in [0.3, 0.4) is 0 Å². The molecule has 0 aliphatic carbocycles. The Hall–Kier alpha value is -1.58. The van der Waals surface area contributed by atoms with Gasteiger partial charge in [-0.05, 0) is 0 Å². The molecule has 11 aliphatic heterocycles. The SMILES string of the molecule is CCCC(CCC)C(=O)Oc1ccc2c(c1)C(=C[C]13[CH]4[CH]5[CH]6[CH]1[Fe]56431789[CH]3[CH]1[CH]7[CH]8[CH]39)C(=O)N2. The number of allylic oxidation sites excluding steroid dienone is 1. The predicted octanol–water partition coefficient (Wildman–Crippen LogP) is 6.90. The summed E-state index contributed by atoms with van der Waals surface area (Å²) in [5.41, 5.74) is 2.80. The van der Waals surface area contributed by atoms with Crippen molar-refractivity contribution >= 4 is 23.1 Å². The average molecular weight is 471 g/mol. The van der Waals surface area contributed by atoms with Crippen LogP contribution in [0.4, 0.5) is 5.69 Å². The predicted molar refractivity (Wildman–Crippen MR) is 118 cm³/mol. The first kappa shape index (κ1) is 15.3. The van der Waals surface area contributed by atoms with Crippen molar-refractivity contribution in [1.82, 2.24) is 0 Å². The summed E-state index contributed by atoms with van der Waals surface area (Å²) in [7, 11) is 0. The number of rotatable bonds is 7. The van der Waals surface area contributed by atoms with Gasteiger partial charge in [-0.3, -0.25) is 0 Å². The van der Waals surface area contributed by atoms with Crippen molar-refractivity contribution in [3.8, 4) is 5.75 Å². The van der Waals surface area contributed by atoms with Crippen molar-refractivity contribution in [2.24, 2.45) is 5.92 Å². The van der Waals surface area contributed by atoms with Gasteiger partial charge in [-0.15, -0.1) is 0 Å². The first-order chi connectivity index (χ1) is 15.3. The number of ether oxygens (including phenoxy) is 1. The van der Waals surface area contributed by atoms with Gasteiger partial charge in [0.05, 0.1) is 0 Å². The van der Waals surface area contributed by atoms with E-state index in [9.17, 15) is 9.59 Å². The minimum atomic E-state index is -3.27. The standard InChI is InChI=1S/C22H24NO3.C5H5.Fe/c1-3-7-16(8-4-2)22(25)26-17-11-12-20-18(14-17)19(21(24)23-20)13-15-9-5-6-10-15;1-2-4-5-3-1;/h5-6,9-14,16H,3-4,7-8H2,1-2H3,(H,23,24);1-5H;. The quantitative estimate of drug-likeness (QED) is 0.204. The van der Waals surface area contributed by atoms with Crippen LogP contribution in [0.1, 0.15) is 45.1 Å². The Bertz CT molecular complexity index is 1610. The van der Waals surface area contributed by atoms with E-state index in [1.54, 1.807) is 0 Å². The molecule has 11 heterocycles. The number of nitrogens with one attached hydrogen (secondary N) is 1. The fourth-order valence-corrected chi connectivity index (χ4v) is 93.3. The molecule has 1 spiro atoms. The van der Waals surface area contributed by atoms with Crippen LogP contribution in [-0.2, 0) is 16.1 Å². The van der Waals surface area contributed by atoms with Gasteiger partial charge in [0.1, 0.15) is 0 Å². The average Bonchev–Trinajstić information content (AvgIpc) is 3.69. The zero-order valence-corrected chi connectivity index (χ0v) is 19.6. The van der Waals surface area contributed by atoms with Gasteiger partial charge in [0, 0.05) is 0 Å². The van der Waals surface area contributed by atoms with Crippen molar-refractivity contribution in [1.29, 1.82) is 0 Å². The van der Waals surface area contributed by atoms with E-state index in [2.05, 4.69) is 25.2 Å².